The monoisotopic (exact) mass is 272 g/mol. The van der Waals surface area contributed by atoms with Gasteiger partial charge in [-0.1, -0.05) is 6.42 Å². The van der Waals surface area contributed by atoms with E-state index in [0.29, 0.717) is 12.4 Å². The van der Waals surface area contributed by atoms with Crippen LogP contribution in [0, 0.1) is 0 Å². The fourth-order valence-electron chi connectivity index (χ4n) is 2.27. The maximum absolute atomic E-state index is 12.4. The maximum atomic E-state index is 12.4. The molecular formula is C11H20N4O2S. The van der Waals surface area contributed by atoms with Gasteiger partial charge in [0.2, 0.25) is 0 Å². The second-order valence-electron chi connectivity index (χ2n) is 4.76. The predicted octanol–water partition coefficient (Wildman–Crippen LogP) is 0.961. The second-order valence-corrected chi connectivity index (χ2v) is 6.74. The van der Waals surface area contributed by atoms with E-state index >= 15 is 0 Å². The van der Waals surface area contributed by atoms with Gasteiger partial charge in [-0.2, -0.15) is 17.0 Å². The van der Waals surface area contributed by atoms with Crippen LogP contribution in [0.3, 0.4) is 0 Å². The highest BCUT2D eigenvalue weighted by Gasteiger charge is 2.32. The number of hydrogen-bond acceptors (Lipinski definition) is 3. The Morgan fingerprint density at radius 2 is 2.33 bits per heavy atom. The number of piperidine rings is 1. The van der Waals surface area contributed by atoms with Gasteiger partial charge in [0.25, 0.3) is 10.2 Å². The number of nitrogens with zero attached hydrogens (tertiary/aromatic N) is 3. The minimum Gasteiger partial charge on any atom is -0.347 e. The molecular weight excluding hydrogens is 252 g/mol. The van der Waals surface area contributed by atoms with E-state index in [0.717, 1.165) is 19.3 Å². The Morgan fingerprint density at radius 3 is 2.94 bits per heavy atom. The normalized spacial score (nSPS) is 22.5. The highest BCUT2D eigenvalue weighted by atomic mass is 32.2. The molecule has 6 nitrogen and oxygen atoms in total. The average molecular weight is 272 g/mol. The minimum atomic E-state index is -3.38. The van der Waals surface area contributed by atoms with Crippen molar-refractivity contribution < 1.29 is 8.42 Å². The highest BCUT2D eigenvalue weighted by Crippen LogP contribution is 2.22. The molecule has 0 aliphatic carbocycles. The van der Waals surface area contributed by atoms with Gasteiger partial charge in [-0.3, -0.25) is 0 Å². The highest BCUT2D eigenvalue weighted by molar-refractivity contribution is 7.86. The van der Waals surface area contributed by atoms with Gasteiger partial charge < -0.3 is 4.98 Å². The van der Waals surface area contributed by atoms with Crippen molar-refractivity contribution in [3.63, 3.8) is 0 Å². The number of imidazole rings is 1. The van der Waals surface area contributed by atoms with Crippen molar-refractivity contribution in [1.29, 1.82) is 0 Å². The summed E-state index contributed by atoms with van der Waals surface area (Å²) in [6, 6.07) is 0.0859. The number of aromatic amines is 1. The van der Waals surface area contributed by atoms with Gasteiger partial charge in [-0.15, -0.1) is 0 Å². The molecule has 0 bridgehead atoms. The molecule has 1 aliphatic rings. The first kappa shape index (κ1) is 13.5. The lowest BCUT2D eigenvalue weighted by atomic mass is 10.1. The Balaban J connectivity index is 2.09. The maximum Gasteiger partial charge on any atom is 0.282 e. The lowest BCUT2D eigenvalue weighted by Crippen LogP contribution is -2.48. The van der Waals surface area contributed by atoms with E-state index in [4.69, 9.17) is 0 Å². The third-order valence-corrected chi connectivity index (χ3v) is 5.41. The van der Waals surface area contributed by atoms with Crippen molar-refractivity contribution in [2.45, 2.75) is 38.8 Å². The van der Waals surface area contributed by atoms with Gasteiger partial charge in [0.15, 0.2) is 0 Å². The first-order chi connectivity index (χ1) is 8.51. The summed E-state index contributed by atoms with van der Waals surface area (Å²) in [5.74, 6) is 0.658. The van der Waals surface area contributed by atoms with Gasteiger partial charge in [-0.05, 0) is 19.8 Å². The summed E-state index contributed by atoms with van der Waals surface area (Å²) in [6.07, 6.45) is 6.31. The molecule has 0 aromatic carbocycles. The molecule has 1 aromatic rings. The Bertz CT molecular complexity index is 471. The Morgan fingerprint density at radius 1 is 1.56 bits per heavy atom. The Kier molecular flexibility index (Phi) is 4.04. The minimum absolute atomic E-state index is 0.0859. The van der Waals surface area contributed by atoms with Gasteiger partial charge in [0.1, 0.15) is 5.82 Å². The van der Waals surface area contributed by atoms with Crippen LogP contribution >= 0.6 is 0 Å². The standard InChI is InChI=1S/C11H20N4O2S/c1-10-5-3-4-8-15(10)18(16,17)14(2)9-11-12-6-7-13-11/h6-7,10H,3-5,8-9H2,1-2H3,(H,12,13). The van der Waals surface area contributed by atoms with Crippen LogP contribution in [0.2, 0.25) is 0 Å². The molecule has 1 aromatic heterocycles. The van der Waals surface area contributed by atoms with E-state index in [1.165, 1.54) is 4.31 Å². The smallest absolute Gasteiger partial charge is 0.282 e. The summed E-state index contributed by atoms with van der Waals surface area (Å²) in [4.78, 5) is 6.97. The Hall–Kier alpha value is -0.920. The third kappa shape index (κ3) is 2.73. The van der Waals surface area contributed by atoms with Crippen LogP contribution in [0.5, 0.6) is 0 Å². The second kappa shape index (κ2) is 5.38. The van der Waals surface area contributed by atoms with Gasteiger partial charge in [0, 0.05) is 32.0 Å². The number of aromatic nitrogens is 2. The molecule has 0 amide bonds. The van der Waals surface area contributed by atoms with Crippen LogP contribution in [0.4, 0.5) is 0 Å². The van der Waals surface area contributed by atoms with Crippen LogP contribution in [-0.2, 0) is 16.8 Å². The summed E-state index contributed by atoms with van der Waals surface area (Å²) in [7, 11) is -1.78. The molecule has 7 heteroatoms. The quantitative estimate of drug-likeness (QED) is 0.887. The molecule has 1 N–H and O–H groups in total. The van der Waals surface area contributed by atoms with Crippen LogP contribution in [-0.4, -0.2) is 46.6 Å². The summed E-state index contributed by atoms with van der Waals surface area (Å²) in [5.41, 5.74) is 0. The molecule has 0 saturated carbocycles. The predicted molar refractivity (Wildman–Crippen MR) is 69.0 cm³/mol. The zero-order valence-electron chi connectivity index (χ0n) is 10.8. The van der Waals surface area contributed by atoms with E-state index < -0.39 is 10.2 Å². The van der Waals surface area contributed by atoms with Crippen molar-refractivity contribution >= 4 is 10.2 Å². The van der Waals surface area contributed by atoms with E-state index in [1.807, 2.05) is 6.92 Å². The van der Waals surface area contributed by atoms with Crippen LogP contribution in [0.25, 0.3) is 0 Å². The molecule has 0 radical (unpaired) electrons. The van der Waals surface area contributed by atoms with Crippen molar-refractivity contribution in [3.05, 3.63) is 18.2 Å². The van der Waals surface area contributed by atoms with Crippen LogP contribution in [0.15, 0.2) is 12.4 Å². The lowest BCUT2D eigenvalue weighted by Gasteiger charge is -2.34. The first-order valence-corrected chi connectivity index (χ1v) is 7.63. The molecule has 102 valence electrons. The van der Waals surface area contributed by atoms with Gasteiger partial charge >= 0.3 is 0 Å². The average Bonchev–Trinajstić information content (AvgIpc) is 2.82. The van der Waals surface area contributed by atoms with Gasteiger partial charge in [0.05, 0.1) is 6.54 Å². The van der Waals surface area contributed by atoms with Crippen molar-refractivity contribution in [2.24, 2.45) is 0 Å². The number of hydrogen-bond donors (Lipinski definition) is 1. The molecule has 1 saturated heterocycles. The molecule has 1 atom stereocenters. The van der Waals surface area contributed by atoms with E-state index in [-0.39, 0.29) is 12.6 Å². The van der Waals surface area contributed by atoms with Crippen LogP contribution in [0.1, 0.15) is 32.0 Å². The number of rotatable bonds is 4. The first-order valence-electron chi connectivity index (χ1n) is 6.23. The summed E-state index contributed by atoms with van der Waals surface area (Å²) >= 11 is 0. The topological polar surface area (TPSA) is 69.3 Å². The Labute approximate surface area is 108 Å². The number of nitrogens with one attached hydrogen (secondary N) is 1. The van der Waals surface area contributed by atoms with Crippen LogP contribution < -0.4 is 0 Å². The van der Waals surface area contributed by atoms with Gasteiger partial charge in [-0.25, -0.2) is 4.98 Å². The fraction of sp³-hybridized carbons (Fsp3) is 0.727. The SMILES string of the molecule is CC1CCCCN1S(=O)(=O)N(C)Cc1ncc[nH]1. The van der Waals surface area contributed by atoms with Crippen molar-refractivity contribution in [1.82, 2.24) is 18.6 Å². The van der Waals surface area contributed by atoms with E-state index in [2.05, 4.69) is 9.97 Å². The molecule has 1 unspecified atom stereocenters. The zero-order chi connectivity index (χ0) is 13.2. The summed E-state index contributed by atoms with van der Waals surface area (Å²) < 4.78 is 27.8. The van der Waals surface area contributed by atoms with Crippen molar-refractivity contribution in [3.8, 4) is 0 Å². The summed E-state index contributed by atoms with van der Waals surface area (Å²) in [5, 5.41) is 0. The number of H-pyrrole nitrogens is 1. The fourth-order valence-corrected chi connectivity index (χ4v) is 3.83. The molecule has 1 fully saturated rings. The molecule has 1 aliphatic heterocycles. The molecule has 0 spiro atoms. The largest absolute Gasteiger partial charge is 0.347 e. The van der Waals surface area contributed by atoms with Crippen molar-refractivity contribution in [2.75, 3.05) is 13.6 Å². The zero-order valence-corrected chi connectivity index (χ0v) is 11.7. The molecule has 18 heavy (non-hydrogen) atoms. The van der Waals surface area contributed by atoms with E-state index in [9.17, 15) is 8.42 Å². The third-order valence-electron chi connectivity index (χ3n) is 3.36. The summed E-state index contributed by atoms with van der Waals surface area (Å²) in [6.45, 7) is 2.86. The molecule has 2 rings (SSSR count). The molecule has 2 heterocycles. The lowest BCUT2D eigenvalue weighted by molar-refractivity contribution is 0.248. The van der Waals surface area contributed by atoms with E-state index in [1.54, 1.807) is 23.7 Å².